The Balaban J connectivity index is 1.65. The van der Waals surface area contributed by atoms with Crippen molar-refractivity contribution in [3.8, 4) is 5.75 Å². The molecule has 0 unspecified atom stereocenters. The number of benzene rings is 3. The van der Waals surface area contributed by atoms with Gasteiger partial charge < -0.3 is 9.64 Å². The Morgan fingerprint density at radius 3 is 2.53 bits per heavy atom. The second kappa shape index (κ2) is 8.51. The quantitative estimate of drug-likeness (QED) is 0.457. The van der Waals surface area contributed by atoms with Crippen LogP contribution in [0.15, 0.2) is 66.7 Å². The summed E-state index contributed by atoms with van der Waals surface area (Å²) in [5, 5.41) is 3.26. The number of carbonyl (C=O) groups is 1. The normalized spacial score (nSPS) is 10.8. The molecular weight excluding hydrogens is 401 g/mol. The summed E-state index contributed by atoms with van der Waals surface area (Å²) >= 11 is 1.38. The molecule has 1 N–H and O–H groups in total. The van der Waals surface area contributed by atoms with Crippen molar-refractivity contribution in [2.45, 2.75) is 6.54 Å². The molecule has 1 amide bonds. The molecule has 0 radical (unpaired) electrons. The number of rotatable bonds is 6. The van der Waals surface area contributed by atoms with Gasteiger partial charge in [0.05, 0.1) is 17.5 Å². The number of methoxy groups -OCH3 is 1. The van der Waals surface area contributed by atoms with Gasteiger partial charge in [-0.2, -0.15) is 0 Å². The topological polar surface area (TPSA) is 54.5 Å². The molecule has 5 nitrogen and oxygen atoms in total. The standard InChI is InChI=1S/C23H20FN3O2S/c1-27(14-15-6-4-3-5-7-15)18-12-13-19(29-2)20-21(18)30-23(25-20)26-22(28)16-8-10-17(24)11-9-16/h3-13H,14H2,1-2H3,(H,25,26,28). The zero-order chi connectivity index (χ0) is 21.1. The molecule has 4 rings (SSSR count). The highest BCUT2D eigenvalue weighted by molar-refractivity contribution is 7.23. The first-order valence-corrected chi connectivity index (χ1v) is 10.2. The van der Waals surface area contributed by atoms with Crippen LogP contribution in [0.4, 0.5) is 15.2 Å². The van der Waals surface area contributed by atoms with Gasteiger partial charge in [-0.05, 0) is 42.0 Å². The van der Waals surface area contributed by atoms with Crippen LogP contribution in [0.2, 0.25) is 0 Å². The van der Waals surface area contributed by atoms with Crippen LogP contribution >= 0.6 is 11.3 Å². The van der Waals surface area contributed by atoms with Gasteiger partial charge in [-0.25, -0.2) is 9.37 Å². The summed E-state index contributed by atoms with van der Waals surface area (Å²) in [6.45, 7) is 0.734. The smallest absolute Gasteiger partial charge is 0.257 e. The maximum Gasteiger partial charge on any atom is 0.257 e. The maximum atomic E-state index is 13.1. The predicted octanol–water partition coefficient (Wildman–Crippen LogP) is 5.33. The number of nitrogens with one attached hydrogen (secondary N) is 1. The van der Waals surface area contributed by atoms with E-state index in [0.717, 1.165) is 16.9 Å². The van der Waals surface area contributed by atoms with E-state index in [2.05, 4.69) is 27.3 Å². The number of hydrogen-bond donors (Lipinski definition) is 1. The lowest BCUT2D eigenvalue weighted by atomic mass is 10.2. The number of amides is 1. The number of hydrogen-bond acceptors (Lipinski definition) is 5. The lowest BCUT2D eigenvalue weighted by Crippen LogP contribution is -2.16. The van der Waals surface area contributed by atoms with E-state index in [0.29, 0.717) is 22.0 Å². The minimum Gasteiger partial charge on any atom is -0.494 e. The molecule has 0 saturated heterocycles. The summed E-state index contributed by atoms with van der Waals surface area (Å²) in [4.78, 5) is 19.2. The molecule has 0 bridgehead atoms. The average Bonchev–Trinajstić information content (AvgIpc) is 3.17. The van der Waals surface area contributed by atoms with Crippen LogP contribution in [0.1, 0.15) is 15.9 Å². The highest BCUT2D eigenvalue weighted by atomic mass is 32.1. The third kappa shape index (κ3) is 4.11. The van der Waals surface area contributed by atoms with Crippen LogP contribution in [0.3, 0.4) is 0 Å². The third-order valence-corrected chi connectivity index (χ3v) is 5.70. The van der Waals surface area contributed by atoms with Gasteiger partial charge in [-0.15, -0.1) is 0 Å². The van der Waals surface area contributed by atoms with Crippen molar-refractivity contribution in [2.24, 2.45) is 0 Å². The summed E-state index contributed by atoms with van der Waals surface area (Å²) in [6, 6.07) is 19.5. The molecule has 0 saturated carbocycles. The first-order chi connectivity index (χ1) is 14.5. The second-order valence-corrected chi connectivity index (χ2v) is 7.79. The Morgan fingerprint density at radius 1 is 1.10 bits per heavy atom. The SMILES string of the molecule is COc1ccc(N(C)Cc2ccccc2)c2sc(NC(=O)c3ccc(F)cc3)nc12. The van der Waals surface area contributed by atoms with Gasteiger partial charge >= 0.3 is 0 Å². The molecule has 0 atom stereocenters. The van der Waals surface area contributed by atoms with Gasteiger partial charge in [0.1, 0.15) is 17.1 Å². The Labute approximate surface area is 177 Å². The molecule has 152 valence electrons. The number of nitrogens with zero attached hydrogens (tertiary/aromatic N) is 2. The Morgan fingerprint density at radius 2 is 1.83 bits per heavy atom. The van der Waals surface area contributed by atoms with Crippen molar-refractivity contribution in [3.05, 3.63) is 83.7 Å². The van der Waals surface area contributed by atoms with Gasteiger partial charge in [0, 0.05) is 19.2 Å². The number of anilines is 2. The predicted molar refractivity (Wildman–Crippen MR) is 119 cm³/mol. The monoisotopic (exact) mass is 421 g/mol. The first kappa shape index (κ1) is 19.8. The largest absolute Gasteiger partial charge is 0.494 e. The van der Waals surface area contributed by atoms with Crippen LogP contribution in [0.25, 0.3) is 10.2 Å². The highest BCUT2D eigenvalue weighted by Crippen LogP contribution is 2.39. The fraction of sp³-hybridized carbons (Fsp3) is 0.130. The van der Waals surface area contributed by atoms with Crippen LogP contribution in [0.5, 0.6) is 5.75 Å². The highest BCUT2D eigenvalue weighted by Gasteiger charge is 2.17. The van der Waals surface area contributed by atoms with E-state index >= 15 is 0 Å². The molecule has 0 aliphatic heterocycles. The van der Waals surface area contributed by atoms with E-state index in [1.54, 1.807) is 7.11 Å². The fourth-order valence-electron chi connectivity index (χ4n) is 3.20. The summed E-state index contributed by atoms with van der Waals surface area (Å²) in [6.07, 6.45) is 0. The molecule has 1 heterocycles. The van der Waals surface area contributed by atoms with Crippen LogP contribution < -0.4 is 15.0 Å². The van der Waals surface area contributed by atoms with Crippen LogP contribution in [0, 0.1) is 5.82 Å². The fourth-order valence-corrected chi connectivity index (χ4v) is 4.25. The van der Waals surface area contributed by atoms with Crippen LogP contribution in [-0.2, 0) is 6.54 Å². The Kier molecular flexibility index (Phi) is 5.63. The van der Waals surface area contributed by atoms with E-state index in [9.17, 15) is 9.18 Å². The van der Waals surface area contributed by atoms with E-state index in [1.807, 2.05) is 37.4 Å². The minimum atomic E-state index is -0.387. The van der Waals surface area contributed by atoms with E-state index in [1.165, 1.54) is 41.2 Å². The maximum absolute atomic E-state index is 13.1. The molecule has 0 spiro atoms. The van der Waals surface area contributed by atoms with Crippen molar-refractivity contribution < 1.29 is 13.9 Å². The molecule has 0 aliphatic rings. The molecule has 30 heavy (non-hydrogen) atoms. The van der Waals surface area contributed by atoms with Crippen LogP contribution in [-0.4, -0.2) is 25.0 Å². The van der Waals surface area contributed by atoms with Crippen molar-refractivity contribution in [3.63, 3.8) is 0 Å². The van der Waals surface area contributed by atoms with Gasteiger partial charge in [0.2, 0.25) is 0 Å². The summed E-state index contributed by atoms with van der Waals surface area (Å²) in [5.41, 5.74) is 3.24. The van der Waals surface area contributed by atoms with Gasteiger partial charge in [0.25, 0.3) is 5.91 Å². The average molecular weight is 421 g/mol. The number of thiazole rings is 1. The lowest BCUT2D eigenvalue weighted by Gasteiger charge is -2.20. The third-order valence-electron chi connectivity index (χ3n) is 4.71. The molecule has 7 heteroatoms. The Hall–Kier alpha value is -3.45. The zero-order valence-electron chi connectivity index (χ0n) is 16.6. The number of halogens is 1. The number of aromatic nitrogens is 1. The number of ether oxygens (including phenoxy) is 1. The molecule has 0 aliphatic carbocycles. The van der Waals surface area contributed by atoms with E-state index in [4.69, 9.17) is 4.74 Å². The van der Waals surface area contributed by atoms with Crippen molar-refractivity contribution in [2.75, 3.05) is 24.4 Å². The molecule has 3 aromatic carbocycles. The molecule has 4 aromatic rings. The second-order valence-electron chi connectivity index (χ2n) is 6.79. The zero-order valence-corrected chi connectivity index (χ0v) is 17.4. The first-order valence-electron chi connectivity index (χ1n) is 9.34. The van der Waals surface area contributed by atoms with Crippen molar-refractivity contribution >= 4 is 38.3 Å². The summed E-state index contributed by atoms with van der Waals surface area (Å²) < 4.78 is 19.5. The molecule has 1 aromatic heterocycles. The minimum absolute atomic E-state index is 0.341. The molecule has 0 fully saturated rings. The summed E-state index contributed by atoms with van der Waals surface area (Å²) in [7, 11) is 3.61. The molecular formula is C23H20FN3O2S. The van der Waals surface area contributed by atoms with E-state index in [-0.39, 0.29) is 11.7 Å². The number of carbonyl (C=O) groups excluding carboxylic acids is 1. The lowest BCUT2D eigenvalue weighted by molar-refractivity contribution is 0.102. The Bertz CT molecular complexity index is 1180. The summed E-state index contributed by atoms with van der Waals surface area (Å²) in [5.74, 6) is -0.0880. The number of fused-ring (bicyclic) bond motifs is 1. The van der Waals surface area contributed by atoms with E-state index < -0.39 is 0 Å². The van der Waals surface area contributed by atoms with Crippen molar-refractivity contribution in [1.29, 1.82) is 0 Å². The van der Waals surface area contributed by atoms with Gasteiger partial charge in [-0.1, -0.05) is 41.7 Å². The van der Waals surface area contributed by atoms with Gasteiger partial charge in [0.15, 0.2) is 5.13 Å². The van der Waals surface area contributed by atoms with Gasteiger partial charge in [-0.3, -0.25) is 10.1 Å². The van der Waals surface area contributed by atoms with Crippen molar-refractivity contribution in [1.82, 2.24) is 4.98 Å².